The summed E-state index contributed by atoms with van der Waals surface area (Å²) in [5.41, 5.74) is 3.41. The van der Waals surface area contributed by atoms with Gasteiger partial charge in [-0.05, 0) is 48.2 Å². The first kappa shape index (κ1) is 24.4. The largest absolute Gasteiger partial charge is 0.339 e. The minimum Gasteiger partial charge on any atom is -0.339 e. The highest BCUT2D eigenvalue weighted by Crippen LogP contribution is 2.24. The lowest BCUT2D eigenvalue weighted by Gasteiger charge is -2.35. The van der Waals surface area contributed by atoms with E-state index in [9.17, 15) is 19.2 Å². The molecule has 2 aliphatic rings. The van der Waals surface area contributed by atoms with E-state index in [0.29, 0.717) is 49.3 Å². The summed E-state index contributed by atoms with van der Waals surface area (Å²) in [6.07, 6.45) is 2.21. The van der Waals surface area contributed by atoms with Gasteiger partial charge in [0.25, 0.3) is 17.7 Å². The molecule has 7 heteroatoms. The summed E-state index contributed by atoms with van der Waals surface area (Å²) in [6.45, 7) is 2.23. The zero-order valence-electron chi connectivity index (χ0n) is 20.6. The van der Waals surface area contributed by atoms with Crippen molar-refractivity contribution >= 4 is 23.6 Å². The van der Waals surface area contributed by atoms with Gasteiger partial charge in [0.2, 0.25) is 5.91 Å². The Hall–Kier alpha value is -4.26. The summed E-state index contributed by atoms with van der Waals surface area (Å²) in [5.74, 6) is -0.537. The average Bonchev–Trinajstić information content (AvgIpc) is 3.18. The fraction of sp³-hybridized carbons (Fsp3) is 0.267. The standard InChI is InChI=1S/C30H29N3O4/c34-27(12-6-9-22-7-2-1-3-8-22)31-17-19-32(20-18-31)28(35)24-15-13-23(14-16-24)21-33-29(36)25-10-4-5-11-26(25)30(33)37/h1-5,7-8,10-11,13-16H,6,9,12,17-21H2. The van der Waals surface area contributed by atoms with E-state index < -0.39 is 0 Å². The average molecular weight is 496 g/mol. The van der Waals surface area contributed by atoms with Gasteiger partial charge < -0.3 is 9.80 Å². The van der Waals surface area contributed by atoms with Crippen molar-refractivity contribution in [2.75, 3.05) is 26.2 Å². The summed E-state index contributed by atoms with van der Waals surface area (Å²) in [7, 11) is 0. The first-order chi connectivity index (χ1) is 18.0. The smallest absolute Gasteiger partial charge is 0.261 e. The van der Waals surface area contributed by atoms with Gasteiger partial charge in [0.05, 0.1) is 17.7 Å². The third-order valence-corrected chi connectivity index (χ3v) is 7.04. The Morgan fingerprint density at radius 1 is 0.649 bits per heavy atom. The topological polar surface area (TPSA) is 78.0 Å². The number of aryl methyl sites for hydroxylation is 1. The number of hydrogen-bond donors (Lipinski definition) is 0. The van der Waals surface area contributed by atoms with Crippen LogP contribution >= 0.6 is 0 Å². The molecule has 0 saturated carbocycles. The zero-order valence-corrected chi connectivity index (χ0v) is 20.6. The van der Waals surface area contributed by atoms with Gasteiger partial charge in [-0.25, -0.2) is 0 Å². The fourth-order valence-electron chi connectivity index (χ4n) is 4.91. The van der Waals surface area contributed by atoms with Gasteiger partial charge in [0.15, 0.2) is 0 Å². The van der Waals surface area contributed by atoms with E-state index in [2.05, 4.69) is 12.1 Å². The Balaban J connectivity index is 1.10. The number of benzene rings is 3. The van der Waals surface area contributed by atoms with E-state index >= 15 is 0 Å². The van der Waals surface area contributed by atoms with Gasteiger partial charge in [0.1, 0.15) is 0 Å². The third-order valence-electron chi connectivity index (χ3n) is 7.04. The van der Waals surface area contributed by atoms with Crippen LogP contribution in [0.2, 0.25) is 0 Å². The molecule has 3 aromatic carbocycles. The summed E-state index contributed by atoms with van der Waals surface area (Å²) in [4.78, 5) is 55.7. The van der Waals surface area contributed by atoms with Crippen molar-refractivity contribution in [2.24, 2.45) is 0 Å². The molecular formula is C30H29N3O4. The maximum absolute atomic E-state index is 13.0. The van der Waals surface area contributed by atoms with Crippen LogP contribution in [0, 0.1) is 0 Å². The van der Waals surface area contributed by atoms with E-state index in [0.717, 1.165) is 18.4 Å². The van der Waals surface area contributed by atoms with Crippen molar-refractivity contribution in [1.82, 2.24) is 14.7 Å². The summed E-state index contributed by atoms with van der Waals surface area (Å²) in [5, 5.41) is 0. The number of fused-ring (bicyclic) bond motifs is 1. The van der Waals surface area contributed by atoms with Crippen LogP contribution in [0.15, 0.2) is 78.9 Å². The molecule has 0 aliphatic carbocycles. The van der Waals surface area contributed by atoms with Crippen LogP contribution in [0.25, 0.3) is 0 Å². The van der Waals surface area contributed by atoms with Crippen molar-refractivity contribution in [3.8, 4) is 0 Å². The monoisotopic (exact) mass is 495 g/mol. The number of rotatable bonds is 7. The van der Waals surface area contributed by atoms with Gasteiger partial charge in [-0.2, -0.15) is 0 Å². The summed E-state index contributed by atoms with van der Waals surface area (Å²) >= 11 is 0. The summed E-state index contributed by atoms with van der Waals surface area (Å²) < 4.78 is 0. The van der Waals surface area contributed by atoms with Crippen molar-refractivity contribution in [2.45, 2.75) is 25.8 Å². The molecule has 2 heterocycles. The number of hydrogen-bond acceptors (Lipinski definition) is 4. The predicted octanol–water partition coefficient (Wildman–Crippen LogP) is 3.79. The first-order valence-corrected chi connectivity index (χ1v) is 12.7. The number of piperazine rings is 1. The van der Waals surface area contributed by atoms with Crippen LogP contribution in [-0.4, -0.2) is 64.5 Å². The van der Waals surface area contributed by atoms with Gasteiger partial charge in [0, 0.05) is 38.2 Å². The Bertz CT molecular complexity index is 1280. The highest BCUT2D eigenvalue weighted by Gasteiger charge is 2.35. The molecule has 2 aliphatic heterocycles. The van der Waals surface area contributed by atoms with Crippen LogP contribution in [-0.2, 0) is 17.8 Å². The molecule has 3 aromatic rings. The maximum atomic E-state index is 13.0. The molecule has 5 rings (SSSR count). The number of imide groups is 1. The second kappa shape index (κ2) is 10.8. The quantitative estimate of drug-likeness (QED) is 0.468. The Labute approximate surface area is 216 Å². The molecular weight excluding hydrogens is 466 g/mol. The molecule has 0 N–H and O–H groups in total. The minimum atomic E-state index is -0.298. The molecule has 0 unspecified atom stereocenters. The van der Waals surface area contributed by atoms with E-state index in [-0.39, 0.29) is 30.2 Å². The van der Waals surface area contributed by atoms with Gasteiger partial charge in [-0.1, -0.05) is 54.6 Å². The minimum absolute atomic E-state index is 0.0801. The van der Waals surface area contributed by atoms with Crippen LogP contribution < -0.4 is 0 Å². The normalized spacial score (nSPS) is 15.2. The van der Waals surface area contributed by atoms with Gasteiger partial charge >= 0.3 is 0 Å². The lowest BCUT2D eigenvalue weighted by molar-refractivity contribution is -0.132. The SMILES string of the molecule is O=C(CCCc1ccccc1)N1CCN(C(=O)c2ccc(CN3C(=O)c4ccccc4C3=O)cc2)CC1. The van der Waals surface area contributed by atoms with E-state index in [1.54, 1.807) is 53.4 Å². The van der Waals surface area contributed by atoms with E-state index in [4.69, 9.17) is 0 Å². The molecule has 4 amide bonds. The van der Waals surface area contributed by atoms with Crippen LogP contribution in [0.4, 0.5) is 0 Å². The molecule has 1 saturated heterocycles. The molecule has 37 heavy (non-hydrogen) atoms. The van der Waals surface area contributed by atoms with Crippen LogP contribution in [0.3, 0.4) is 0 Å². The number of nitrogens with zero attached hydrogens (tertiary/aromatic N) is 3. The maximum Gasteiger partial charge on any atom is 0.261 e. The molecule has 0 bridgehead atoms. The Morgan fingerprint density at radius 3 is 1.84 bits per heavy atom. The molecule has 0 radical (unpaired) electrons. The first-order valence-electron chi connectivity index (χ1n) is 12.7. The number of carbonyl (C=O) groups is 4. The van der Waals surface area contributed by atoms with Gasteiger partial charge in [-0.15, -0.1) is 0 Å². The molecule has 0 atom stereocenters. The van der Waals surface area contributed by atoms with Crippen LogP contribution in [0.5, 0.6) is 0 Å². The van der Waals surface area contributed by atoms with Crippen molar-refractivity contribution < 1.29 is 19.2 Å². The number of carbonyl (C=O) groups excluding carboxylic acids is 4. The fourth-order valence-corrected chi connectivity index (χ4v) is 4.91. The third kappa shape index (κ3) is 5.31. The van der Waals surface area contributed by atoms with Crippen molar-refractivity contribution in [1.29, 1.82) is 0 Å². The lowest BCUT2D eigenvalue weighted by Crippen LogP contribution is -2.50. The van der Waals surface area contributed by atoms with Crippen molar-refractivity contribution in [3.05, 3.63) is 107 Å². The number of amides is 4. The van der Waals surface area contributed by atoms with Crippen LogP contribution in [0.1, 0.15) is 55.0 Å². The molecule has 7 nitrogen and oxygen atoms in total. The molecule has 0 spiro atoms. The lowest BCUT2D eigenvalue weighted by atomic mass is 10.1. The second-order valence-electron chi connectivity index (χ2n) is 9.45. The molecule has 188 valence electrons. The second-order valence-corrected chi connectivity index (χ2v) is 9.45. The molecule has 0 aromatic heterocycles. The highest BCUT2D eigenvalue weighted by atomic mass is 16.2. The Kier molecular flexibility index (Phi) is 7.12. The zero-order chi connectivity index (χ0) is 25.8. The van der Waals surface area contributed by atoms with E-state index in [1.807, 2.05) is 23.1 Å². The van der Waals surface area contributed by atoms with Gasteiger partial charge in [-0.3, -0.25) is 24.1 Å². The molecule has 1 fully saturated rings. The van der Waals surface area contributed by atoms with E-state index in [1.165, 1.54) is 10.5 Å². The highest BCUT2D eigenvalue weighted by molar-refractivity contribution is 6.21. The Morgan fingerprint density at radius 2 is 1.22 bits per heavy atom. The van der Waals surface area contributed by atoms with Crippen molar-refractivity contribution in [3.63, 3.8) is 0 Å². The predicted molar refractivity (Wildman–Crippen MR) is 139 cm³/mol. The summed E-state index contributed by atoms with van der Waals surface area (Å²) in [6, 6.07) is 24.0.